The van der Waals surface area contributed by atoms with Gasteiger partial charge in [0.1, 0.15) is 17.1 Å². The number of ether oxygens (including phenoxy) is 1. The van der Waals surface area contributed by atoms with Crippen molar-refractivity contribution in [2.75, 3.05) is 29.7 Å². The molecule has 29 heavy (non-hydrogen) atoms. The first-order valence-electron chi connectivity index (χ1n) is 9.59. The van der Waals surface area contributed by atoms with Crippen LogP contribution in [0.5, 0.6) is 5.88 Å². The lowest BCUT2D eigenvalue weighted by Crippen LogP contribution is -2.38. The monoisotopic (exact) mass is 397 g/mol. The third-order valence-corrected chi connectivity index (χ3v) is 5.14. The van der Waals surface area contributed by atoms with Gasteiger partial charge in [0.25, 0.3) is 5.91 Å². The molecule has 0 spiro atoms. The molecule has 150 valence electrons. The Labute approximate surface area is 166 Å². The third-order valence-electron chi connectivity index (χ3n) is 5.14. The average molecular weight is 397 g/mol. The largest absolute Gasteiger partial charge is 0.476 e. The fourth-order valence-electron chi connectivity index (χ4n) is 3.68. The number of hydrazine groups is 1. The van der Waals surface area contributed by atoms with Gasteiger partial charge in [0.05, 0.1) is 19.0 Å². The van der Waals surface area contributed by atoms with Gasteiger partial charge in [0, 0.05) is 43.9 Å². The molecule has 2 aliphatic rings. The molecular weight excluding hydrogens is 377 g/mol. The molecule has 9 nitrogen and oxygen atoms in total. The van der Waals surface area contributed by atoms with Gasteiger partial charge in [0.2, 0.25) is 5.88 Å². The predicted octanol–water partition coefficient (Wildman–Crippen LogP) is 1.80. The molecule has 5 heterocycles. The molecule has 1 atom stereocenters. The number of hydrogen-bond acceptors (Lipinski definition) is 7. The van der Waals surface area contributed by atoms with E-state index in [9.17, 15) is 9.18 Å². The van der Waals surface area contributed by atoms with Gasteiger partial charge in [-0.05, 0) is 13.3 Å². The maximum Gasteiger partial charge on any atom is 0.256 e. The van der Waals surface area contributed by atoms with Crippen LogP contribution in [0.15, 0.2) is 30.7 Å². The Bertz CT molecular complexity index is 1090. The Hall–Kier alpha value is -3.43. The highest BCUT2D eigenvalue weighted by atomic mass is 19.1. The highest BCUT2D eigenvalue weighted by Gasteiger charge is 2.29. The Morgan fingerprint density at radius 2 is 2.14 bits per heavy atom. The van der Waals surface area contributed by atoms with Crippen LogP contribution in [0.3, 0.4) is 0 Å². The molecule has 5 rings (SSSR count). The summed E-state index contributed by atoms with van der Waals surface area (Å²) in [6, 6.07) is 3.12. The van der Waals surface area contributed by atoms with Crippen LogP contribution >= 0.6 is 0 Å². The molecule has 1 fully saturated rings. The summed E-state index contributed by atoms with van der Waals surface area (Å²) in [5.41, 5.74) is 1.45. The van der Waals surface area contributed by atoms with Gasteiger partial charge in [-0.15, -0.1) is 0 Å². The molecule has 3 aromatic rings. The van der Waals surface area contributed by atoms with Crippen molar-refractivity contribution in [1.29, 1.82) is 0 Å². The summed E-state index contributed by atoms with van der Waals surface area (Å²) in [5.74, 6) is 0.348. The number of fused-ring (bicyclic) bond motifs is 5. The standard InChI is InChI=1S/C19H20FN7O2/c1-12-4-8-29-19-15(9-13(20)10-21-19)26-5-2-6-27(26)16-3-7-25-17(24-16)14(11-22-25)18(28)23-12/h3,7,9-12H,2,4-6,8H2,1H3,(H,23,28)/t12-/m1/s1. The lowest BCUT2D eigenvalue weighted by Gasteiger charge is -2.31. The minimum atomic E-state index is -0.428. The molecule has 2 bridgehead atoms. The number of rotatable bonds is 0. The second kappa shape index (κ2) is 6.87. The van der Waals surface area contributed by atoms with E-state index in [1.807, 2.05) is 23.0 Å². The summed E-state index contributed by atoms with van der Waals surface area (Å²) in [6.45, 7) is 3.62. The number of hydrogen-bond donors (Lipinski definition) is 1. The molecule has 2 aliphatic heterocycles. The van der Waals surface area contributed by atoms with Crippen LogP contribution in [0.25, 0.3) is 5.65 Å². The van der Waals surface area contributed by atoms with Crippen molar-refractivity contribution in [2.24, 2.45) is 0 Å². The maximum atomic E-state index is 14.0. The quantitative estimate of drug-likeness (QED) is 0.619. The van der Waals surface area contributed by atoms with E-state index in [4.69, 9.17) is 4.74 Å². The maximum absolute atomic E-state index is 14.0. The SMILES string of the molecule is C[C@@H]1CCOc2ncc(F)cc2N2CCCN2c2ccn3ncc(c3n2)C(=O)N1. The fourth-order valence-corrected chi connectivity index (χ4v) is 3.68. The molecule has 1 saturated heterocycles. The topological polar surface area (TPSA) is 87.9 Å². The van der Waals surface area contributed by atoms with E-state index < -0.39 is 5.82 Å². The highest BCUT2D eigenvalue weighted by Crippen LogP contribution is 2.33. The molecule has 1 amide bonds. The number of carbonyl (C=O) groups is 1. The van der Waals surface area contributed by atoms with Gasteiger partial charge in [-0.3, -0.25) is 14.8 Å². The van der Waals surface area contributed by atoms with Crippen molar-refractivity contribution in [3.8, 4) is 5.88 Å². The smallest absolute Gasteiger partial charge is 0.256 e. The molecule has 0 aromatic carbocycles. The van der Waals surface area contributed by atoms with Crippen LogP contribution in [0.4, 0.5) is 15.9 Å². The second-order valence-corrected chi connectivity index (χ2v) is 7.20. The van der Waals surface area contributed by atoms with Crippen molar-refractivity contribution < 1.29 is 13.9 Å². The van der Waals surface area contributed by atoms with E-state index in [0.29, 0.717) is 54.7 Å². The molecule has 0 radical (unpaired) electrons. The zero-order valence-corrected chi connectivity index (χ0v) is 15.9. The van der Waals surface area contributed by atoms with Crippen LogP contribution in [0, 0.1) is 5.82 Å². The first-order valence-corrected chi connectivity index (χ1v) is 9.59. The van der Waals surface area contributed by atoms with E-state index in [1.54, 1.807) is 10.7 Å². The molecule has 0 aliphatic carbocycles. The summed E-state index contributed by atoms with van der Waals surface area (Å²) in [7, 11) is 0. The Morgan fingerprint density at radius 3 is 3.03 bits per heavy atom. The number of amides is 1. The van der Waals surface area contributed by atoms with Crippen LogP contribution in [0.2, 0.25) is 0 Å². The summed E-state index contributed by atoms with van der Waals surface area (Å²) in [5, 5.41) is 11.1. The minimum Gasteiger partial charge on any atom is -0.476 e. The van der Waals surface area contributed by atoms with Crippen LogP contribution in [0.1, 0.15) is 30.1 Å². The number of aromatic nitrogens is 4. The van der Waals surface area contributed by atoms with E-state index in [1.165, 1.54) is 12.3 Å². The normalized spacial score (nSPS) is 19.5. The van der Waals surface area contributed by atoms with Crippen LogP contribution in [-0.2, 0) is 0 Å². The number of pyridine rings is 1. The predicted molar refractivity (Wildman–Crippen MR) is 104 cm³/mol. The molecule has 0 saturated carbocycles. The van der Waals surface area contributed by atoms with Gasteiger partial charge in [-0.25, -0.2) is 18.9 Å². The summed E-state index contributed by atoms with van der Waals surface area (Å²) in [6.07, 6.45) is 5.88. The lowest BCUT2D eigenvalue weighted by atomic mass is 10.2. The van der Waals surface area contributed by atoms with Gasteiger partial charge in [-0.2, -0.15) is 5.10 Å². The minimum absolute atomic E-state index is 0.129. The number of carbonyl (C=O) groups excluding carboxylic acids is 1. The van der Waals surface area contributed by atoms with Gasteiger partial charge in [-0.1, -0.05) is 0 Å². The second-order valence-electron chi connectivity index (χ2n) is 7.20. The van der Waals surface area contributed by atoms with Gasteiger partial charge >= 0.3 is 0 Å². The first kappa shape index (κ1) is 17.7. The number of halogens is 1. The van der Waals surface area contributed by atoms with Crippen molar-refractivity contribution in [3.05, 3.63) is 42.1 Å². The van der Waals surface area contributed by atoms with E-state index in [2.05, 4.69) is 20.4 Å². The zero-order chi connectivity index (χ0) is 20.0. The van der Waals surface area contributed by atoms with Crippen molar-refractivity contribution >= 4 is 23.1 Å². The van der Waals surface area contributed by atoms with Gasteiger partial charge in [0.15, 0.2) is 11.5 Å². The molecule has 1 N–H and O–H groups in total. The fraction of sp³-hybridized carbons (Fsp3) is 0.368. The summed E-state index contributed by atoms with van der Waals surface area (Å²) in [4.78, 5) is 21.6. The van der Waals surface area contributed by atoms with Gasteiger partial charge < -0.3 is 10.1 Å². The van der Waals surface area contributed by atoms with E-state index in [-0.39, 0.29) is 11.9 Å². The first-order chi connectivity index (χ1) is 14.1. The zero-order valence-electron chi connectivity index (χ0n) is 15.9. The Kier molecular flexibility index (Phi) is 4.18. The lowest BCUT2D eigenvalue weighted by molar-refractivity contribution is 0.0936. The Morgan fingerprint density at radius 1 is 1.28 bits per heavy atom. The Balaban J connectivity index is 1.66. The van der Waals surface area contributed by atoms with Crippen molar-refractivity contribution in [3.63, 3.8) is 0 Å². The number of nitrogens with zero attached hydrogens (tertiary/aromatic N) is 6. The summed E-state index contributed by atoms with van der Waals surface area (Å²) >= 11 is 0. The molecule has 0 unspecified atom stereocenters. The van der Waals surface area contributed by atoms with E-state index in [0.717, 1.165) is 12.6 Å². The summed E-state index contributed by atoms with van der Waals surface area (Å²) < 4.78 is 21.5. The highest BCUT2D eigenvalue weighted by molar-refractivity contribution is 5.99. The van der Waals surface area contributed by atoms with Crippen molar-refractivity contribution in [1.82, 2.24) is 24.9 Å². The third kappa shape index (κ3) is 3.10. The molecule has 3 aromatic heterocycles. The molecule has 10 heteroatoms. The average Bonchev–Trinajstić information content (AvgIpc) is 3.35. The number of anilines is 2. The van der Waals surface area contributed by atoms with Crippen LogP contribution < -0.4 is 20.1 Å². The number of nitrogens with one attached hydrogen (secondary N) is 1. The van der Waals surface area contributed by atoms with E-state index >= 15 is 0 Å². The van der Waals surface area contributed by atoms with Crippen molar-refractivity contribution in [2.45, 2.75) is 25.8 Å². The molecular formula is C19H20FN7O2. The van der Waals surface area contributed by atoms with Crippen LogP contribution in [-0.4, -0.2) is 51.2 Å².